The van der Waals surface area contributed by atoms with Crippen LogP contribution in [-0.4, -0.2) is 43.0 Å². The van der Waals surface area contributed by atoms with E-state index in [4.69, 9.17) is 21.1 Å². The summed E-state index contributed by atoms with van der Waals surface area (Å²) < 4.78 is 11.0. The zero-order valence-electron chi connectivity index (χ0n) is 14.7. The van der Waals surface area contributed by atoms with Crippen molar-refractivity contribution < 1.29 is 19.1 Å². The van der Waals surface area contributed by atoms with Crippen LogP contribution < -0.4 is 14.8 Å². The van der Waals surface area contributed by atoms with E-state index < -0.39 is 0 Å². The van der Waals surface area contributed by atoms with Crippen LogP contribution in [0.25, 0.3) is 0 Å². The topological polar surface area (TPSA) is 67.9 Å². The predicted molar refractivity (Wildman–Crippen MR) is 102 cm³/mol. The molecular weight excluding hydrogens is 368 g/mol. The minimum Gasteiger partial charge on any atom is -0.486 e. The number of anilines is 1. The van der Waals surface area contributed by atoms with Gasteiger partial charge in [-0.2, -0.15) is 0 Å². The lowest BCUT2D eigenvalue weighted by Crippen LogP contribution is -2.28. The van der Waals surface area contributed by atoms with Crippen molar-refractivity contribution in [3.63, 3.8) is 0 Å². The normalized spacial score (nSPS) is 15.5. The molecule has 0 aromatic heterocycles. The van der Waals surface area contributed by atoms with Gasteiger partial charge in [0.2, 0.25) is 0 Å². The predicted octanol–water partition coefficient (Wildman–Crippen LogP) is 3.60. The Bertz CT molecular complexity index is 894. The van der Waals surface area contributed by atoms with Gasteiger partial charge >= 0.3 is 0 Å². The molecule has 0 radical (unpaired) electrons. The Balaban J connectivity index is 1.59. The monoisotopic (exact) mass is 386 g/mol. The molecule has 2 aliphatic rings. The first-order valence-corrected chi connectivity index (χ1v) is 9.29. The van der Waals surface area contributed by atoms with E-state index in [0.29, 0.717) is 46.5 Å². The summed E-state index contributed by atoms with van der Waals surface area (Å²) in [4.78, 5) is 27.3. The molecule has 2 heterocycles. The van der Waals surface area contributed by atoms with Gasteiger partial charge in [-0.1, -0.05) is 11.6 Å². The number of halogens is 1. The minimum atomic E-state index is -0.343. The minimum absolute atomic E-state index is 0.0957. The summed E-state index contributed by atoms with van der Waals surface area (Å²) in [5.74, 6) is 0.713. The number of rotatable bonds is 3. The quantitative estimate of drug-likeness (QED) is 0.875. The molecule has 0 aliphatic carbocycles. The third-order valence-corrected chi connectivity index (χ3v) is 4.89. The Kier molecular flexibility index (Phi) is 4.90. The van der Waals surface area contributed by atoms with Gasteiger partial charge < -0.3 is 19.7 Å². The summed E-state index contributed by atoms with van der Waals surface area (Å²) in [7, 11) is 0. The fourth-order valence-corrected chi connectivity index (χ4v) is 3.45. The van der Waals surface area contributed by atoms with Crippen LogP contribution in [0.3, 0.4) is 0 Å². The lowest BCUT2D eigenvalue weighted by atomic mass is 10.1. The van der Waals surface area contributed by atoms with Gasteiger partial charge in [0.1, 0.15) is 13.2 Å². The second-order valence-corrected chi connectivity index (χ2v) is 6.94. The first kappa shape index (κ1) is 17.7. The summed E-state index contributed by atoms with van der Waals surface area (Å²) in [6, 6.07) is 9.91. The van der Waals surface area contributed by atoms with E-state index in [9.17, 15) is 9.59 Å². The Morgan fingerprint density at radius 3 is 2.48 bits per heavy atom. The van der Waals surface area contributed by atoms with Crippen molar-refractivity contribution in [2.45, 2.75) is 12.8 Å². The highest BCUT2D eigenvalue weighted by molar-refractivity contribution is 6.31. The summed E-state index contributed by atoms with van der Waals surface area (Å²) >= 11 is 6.09. The zero-order valence-corrected chi connectivity index (χ0v) is 15.4. The summed E-state index contributed by atoms with van der Waals surface area (Å²) in [5, 5.41) is 3.26. The average molecular weight is 387 g/mol. The Hall–Kier alpha value is -2.73. The molecule has 2 aromatic rings. The maximum absolute atomic E-state index is 12.8. The first-order chi connectivity index (χ1) is 13.1. The Labute approximate surface area is 162 Å². The first-order valence-electron chi connectivity index (χ1n) is 8.91. The third kappa shape index (κ3) is 3.71. The lowest BCUT2D eigenvalue weighted by Gasteiger charge is -2.20. The number of hydrogen-bond acceptors (Lipinski definition) is 4. The van der Waals surface area contributed by atoms with Gasteiger partial charge in [-0.05, 0) is 49.2 Å². The molecule has 6 nitrogen and oxygen atoms in total. The number of carbonyl (C=O) groups excluding carboxylic acids is 2. The number of fused-ring (bicyclic) bond motifs is 1. The molecule has 140 valence electrons. The van der Waals surface area contributed by atoms with Gasteiger partial charge in [0.25, 0.3) is 11.8 Å². The highest BCUT2D eigenvalue weighted by Crippen LogP contribution is 2.31. The smallest absolute Gasteiger partial charge is 0.255 e. The van der Waals surface area contributed by atoms with Crippen molar-refractivity contribution in [3.8, 4) is 11.5 Å². The number of nitrogens with zero attached hydrogens (tertiary/aromatic N) is 1. The van der Waals surface area contributed by atoms with Crippen LogP contribution in [-0.2, 0) is 0 Å². The van der Waals surface area contributed by atoms with Gasteiger partial charge in [-0.3, -0.25) is 9.59 Å². The van der Waals surface area contributed by atoms with E-state index in [1.807, 2.05) is 0 Å². The van der Waals surface area contributed by atoms with Crippen molar-refractivity contribution in [2.24, 2.45) is 0 Å². The van der Waals surface area contributed by atoms with Gasteiger partial charge in [-0.25, -0.2) is 0 Å². The summed E-state index contributed by atoms with van der Waals surface area (Å²) in [6.45, 7) is 2.40. The van der Waals surface area contributed by atoms with Gasteiger partial charge in [0.05, 0.1) is 11.3 Å². The molecule has 27 heavy (non-hydrogen) atoms. The molecule has 4 rings (SSSR count). The molecule has 2 amide bonds. The molecule has 0 bridgehead atoms. The van der Waals surface area contributed by atoms with E-state index in [-0.39, 0.29) is 11.8 Å². The molecule has 0 saturated carbocycles. The van der Waals surface area contributed by atoms with E-state index in [1.54, 1.807) is 41.3 Å². The number of likely N-dealkylation sites (tertiary alicyclic amines) is 1. The van der Waals surface area contributed by atoms with Crippen LogP contribution in [0.1, 0.15) is 33.6 Å². The lowest BCUT2D eigenvalue weighted by molar-refractivity contribution is 0.0794. The Morgan fingerprint density at radius 2 is 1.70 bits per heavy atom. The van der Waals surface area contributed by atoms with E-state index >= 15 is 0 Å². The van der Waals surface area contributed by atoms with Gasteiger partial charge in [0.15, 0.2) is 11.5 Å². The van der Waals surface area contributed by atoms with Crippen LogP contribution in [0, 0.1) is 0 Å². The maximum atomic E-state index is 12.8. The number of benzene rings is 2. The van der Waals surface area contributed by atoms with E-state index in [2.05, 4.69) is 5.32 Å². The second-order valence-electron chi connectivity index (χ2n) is 6.50. The molecule has 1 N–H and O–H groups in total. The maximum Gasteiger partial charge on any atom is 0.255 e. The van der Waals surface area contributed by atoms with Crippen LogP contribution in [0.5, 0.6) is 11.5 Å². The van der Waals surface area contributed by atoms with E-state index in [1.165, 1.54) is 0 Å². The van der Waals surface area contributed by atoms with Gasteiger partial charge in [0, 0.05) is 23.7 Å². The van der Waals surface area contributed by atoms with Crippen molar-refractivity contribution >= 4 is 29.1 Å². The van der Waals surface area contributed by atoms with Gasteiger partial charge in [-0.15, -0.1) is 0 Å². The Morgan fingerprint density at radius 1 is 0.963 bits per heavy atom. The summed E-state index contributed by atoms with van der Waals surface area (Å²) in [5.41, 5.74) is 1.25. The number of hydrogen-bond donors (Lipinski definition) is 1. The van der Waals surface area contributed by atoms with Crippen LogP contribution in [0.15, 0.2) is 36.4 Å². The zero-order chi connectivity index (χ0) is 18.8. The molecule has 0 unspecified atom stereocenters. The second kappa shape index (κ2) is 7.48. The molecule has 0 spiro atoms. The highest BCUT2D eigenvalue weighted by atomic mass is 35.5. The standard InChI is InChI=1S/C20H19ClN2O4/c21-14-4-5-15(20(25)23-7-1-2-8-23)16(12-14)22-19(24)13-3-6-17-18(11-13)27-10-9-26-17/h3-6,11-12H,1-2,7-10H2,(H,22,24). The number of amides is 2. The van der Waals surface area contributed by atoms with E-state index in [0.717, 1.165) is 25.9 Å². The average Bonchev–Trinajstić information content (AvgIpc) is 3.22. The van der Waals surface area contributed by atoms with Crippen molar-refractivity contribution in [2.75, 3.05) is 31.6 Å². The van der Waals surface area contributed by atoms with Crippen molar-refractivity contribution in [3.05, 3.63) is 52.5 Å². The number of carbonyl (C=O) groups is 2. The van der Waals surface area contributed by atoms with Crippen molar-refractivity contribution in [1.29, 1.82) is 0 Å². The number of nitrogens with one attached hydrogen (secondary N) is 1. The summed E-state index contributed by atoms with van der Waals surface area (Å²) in [6.07, 6.45) is 2.00. The molecule has 1 saturated heterocycles. The molecule has 2 aliphatic heterocycles. The molecule has 7 heteroatoms. The molecule has 0 atom stereocenters. The fraction of sp³-hybridized carbons (Fsp3) is 0.300. The fourth-order valence-electron chi connectivity index (χ4n) is 3.28. The van der Waals surface area contributed by atoms with Crippen LogP contribution in [0.2, 0.25) is 5.02 Å². The molecule has 2 aromatic carbocycles. The molecule has 1 fully saturated rings. The van der Waals surface area contributed by atoms with Crippen LogP contribution in [0.4, 0.5) is 5.69 Å². The van der Waals surface area contributed by atoms with Crippen molar-refractivity contribution in [1.82, 2.24) is 4.90 Å². The molecular formula is C20H19ClN2O4. The third-order valence-electron chi connectivity index (χ3n) is 4.66. The number of ether oxygens (including phenoxy) is 2. The SMILES string of the molecule is O=C(Nc1cc(Cl)ccc1C(=O)N1CCCC1)c1ccc2c(c1)OCCO2. The highest BCUT2D eigenvalue weighted by Gasteiger charge is 2.23. The van der Waals surface area contributed by atoms with Crippen LogP contribution >= 0.6 is 11.6 Å². The largest absolute Gasteiger partial charge is 0.486 e.